The molecule has 0 saturated carbocycles. The standard InChI is InChI=1S/C22H30N4O/c1-15(2)20-17(4)23-18(5)24-21(20)25-11-6-12-26(14-13-25)22(27)19-9-7-16(3)8-10-19/h7-10,15H,6,11-14H2,1-5H3. The molecule has 0 atom stereocenters. The monoisotopic (exact) mass is 366 g/mol. The van der Waals surface area contributed by atoms with Gasteiger partial charge in [-0.25, -0.2) is 9.97 Å². The number of hydrogen-bond donors (Lipinski definition) is 0. The maximum absolute atomic E-state index is 12.9. The lowest BCUT2D eigenvalue weighted by atomic mass is 10.0. The molecule has 27 heavy (non-hydrogen) atoms. The molecule has 0 radical (unpaired) electrons. The third-order valence-corrected chi connectivity index (χ3v) is 5.19. The number of carbonyl (C=O) groups is 1. The fraction of sp³-hybridized carbons (Fsp3) is 0.500. The van der Waals surface area contributed by atoms with Crippen molar-refractivity contribution in [3.05, 3.63) is 52.5 Å². The van der Waals surface area contributed by atoms with Crippen molar-refractivity contribution in [3.63, 3.8) is 0 Å². The molecule has 1 fully saturated rings. The van der Waals surface area contributed by atoms with Gasteiger partial charge in [-0.1, -0.05) is 31.5 Å². The van der Waals surface area contributed by atoms with Crippen LogP contribution in [0.5, 0.6) is 0 Å². The summed E-state index contributed by atoms with van der Waals surface area (Å²) >= 11 is 0. The predicted octanol–water partition coefficient (Wildman–Crippen LogP) is 3.88. The van der Waals surface area contributed by atoms with E-state index in [1.54, 1.807) is 0 Å². The first-order chi connectivity index (χ1) is 12.9. The van der Waals surface area contributed by atoms with Gasteiger partial charge in [0, 0.05) is 43.0 Å². The summed E-state index contributed by atoms with van der Waals surface area (Å²) in [6.07, 6.45) is 0.942. The molecule has 2 aromatic rings. The second-order valence-electron chi connectivity index (χ2n) is 7.75. The highest BCUT2D eigenvalue weighted by atomic mass is 16.2. The van der Waals surface area contributed by atoms with Crippen molar-refractivity contribution in [1.29, 1.82) is 0 Å². The molecule has 0 aliphatic carbocycles. The lowest BCUT2D eigenvalue weighted by molar-refractivity contribution is 0.0767. The normalized spacial score (nSPS) is 15.2. The van der Waals surface area contributed by atoms with E-state index in [1.165, 1.54) is 11.1 Å². The van der Waals surface area contributed by atoms with Crippen LogP contribution in [-0.2, 0) is 0 Å². The Balaban J connectivity index is 1.79. The molecule has 0 bridgehead atoms. The Hall–Kier alpha value is -2.43. The zero-order valence-corrected chi connectivity index (χ0v) is 17.1. The van der Waals surface area contributed by atoms with Crippen molar-refractivity contribution in [3.8, 4) is 0 Å². The molecule has 2 heterocycles. The number of benzene rings is 1. The van der Waals surface area contributed by atoms with E-state index in [0.717, 1.165) is 49.0 Å². The second kappa shape index (κ2) is 8.07. The number of aromatic nitrogens is 2. The highest BCUT2D eigenvalue weighted by Crippen LogP contribution is 2.29. The third-order valence-electron chi connectivity index (χ3n) is 5.19. The molecule has 0 N–H and O–H groups in total. The molecule has 1 aliphatic rings. The van der Waals surface area contributed by atoms with Gasteiger partial charge in [-0.15, -0.1) is 0 Å². The summed E-state index contributed by atoms with van der Waals surface area (Å²) in [7, 11) is 0. The minimum absolute atomic E-state index is 0.121. The Kier molecular flexibility index (Phi) is 5.78. The number of rotatable bonds is 3. The lowest BCUT2D eigenvalue weighted by Crippen LogP contribution is -2.35. The number of carbonyl (C=O) groups excluding carboxylic acids is 1. The van der Waals surface area contributed by atoms with Gasteiger partial charge in [-0.2, -0.15) is 0 Å². The molecule has 1 aromatic heterocycles. The predicted molar refractivity (Wildman–Crippen MR) is 110 cm³/mol. The van der Waals surface area contributed by atoms with Crippen LogP contribution in [0.15, 0.2) is 24.3 Å². The summed E-state index contributed by atoms with van der Waals surface area (Å²) in [6, 6.07) is 7.85. The van der Waals surface area contributed by atoms with Gasteiger partial charge < -0.3 is 9.80 Å². The average molecular weight is 367 g/mol. The molecule has 0 spiro atoms. The molecular formula is C22H30N4O. The van der Waals surface area contributed by atoms with Gasteiger partial charge >= 0.3 is 0 Å². The van der Waals surface area contributed by atoms with Gasteiger partial charge in [0.15, 0.2) is 0 Å². The van der Waals surface area contributed by atoms with E-state index in [4.69, 9.17) is 4.98 Å². The van der Waals surface area contributed by atoms with E-state index in [2.05, 4.69) is 30.7 Å². The minimum atomic E-state index is 0.121. The summed E-state index contributed by atoms with van der Waals surface area (Å²) < 4.78 is 0. The molecule has 1 aliphatic heterocycles. The third kappa shape index (κ3) is 4.29. The lowest BCUT2D eigenvalue weighted by Gasteiger charge is -2.27. The van der Waals surface area contributed by atoms with E-state index in [9.17, 15) is 4.79 Å². The number of hydrogen-bond acceptors (Lipinski definition) is 4. The zero-order chi connectivity index (χ0) is 19.6. The maximum Gasteiger partial charge on any atom is 0.253 e. The number of anilines is 1. The summed E-state index contributed by atoms with van der Waals surface area (Å²) in [5, 5.41) is 0. The molecular weight excluding hydrogens is 336 g/mol. The Morgan fingerprint density at radius 1 is 0.963 bits per heavy atom. The van der Waals surface area contributed by atoms with E-state index in [1.807, 2.05) is 43.0 Å². The van der Waals surface area contributed by atoms with Crippen molar-refractivity contribution in [2.75, 3.05) is 31.1 Å². The summed E-state index contributed by atoms with van der Waals surface area (Å²) in [5.74, 6) is 2.34. The maximum atomic E-state index is 12.9. The summed E-state index contributed by atoms with van der Waals surface area (Å²) in [5.41, 5.74) is 4.22. The average Bonchev–Trinajstić information content (AvgIpc) is 2.86. The Labute approximate surface area is 162 Å². The van der Waals surface area contributed by atoms with E-state index < -0.39 is 0 Å². The van der Waals surface area contributed by atoms with Crippen LogP contribution in [0.25, 0.3) is 0 Å². The van der Waals surface area contributed by atoms with Gasteiger partial charge in [-0.05, 0) is 45.2 Å². The van der Waals surface area contributed by atoms with Gasteiger partial charge in [-0.3, -0.25) is 4.79 Å². The molecule has 1 amide bonds. The highest BCUT2D eigenvalue weighted by molar-refractivity contribution is 5.94. The zero-order valence-electron chi connectivity index (χ0n) is 17.1. The molecule has 5 heteroatoms. The number of aryl methyl sites for hydroxylation is 3. The number of amides is 1. The molecule has 5 nitrogen and oxygen atoms in total. The SMILES string of the molecule is Cc1ccc(C(=O)N2CCCN(c3nc(C)nc(C)c3C(C)C)CC2)cc1. The van der Waals surface area contributed by atoms with Crippen molar-refractivity contribution < 1.29 is 4.79 Å². The Bertz CT molecular complexity index is 814. The first-order valence-corrected chi connectivity index (χ1v) is 9.83. The van der Waals surface area contributed by atoms with Crippen LogP contribution in [0, 0.1) is 20.8 Å². The van der Waals surface area contributed by atoms with Gasteiger partial charge in [0.2, 0.25) is 0 Å². The van der Waals surface area contributed by atoms with Crippen LogP contribution in [0.2, 0.25) is 0 Å². The van der Waals surface area contributed by atoms with Crippen LogP contribution in [0.4, 0.5) is 5.82 Å². The van der Waals surface area contributed by atoms with Crippen molar-refractivity contribution in [2.24, 2.45) is 0 Å². The topological polar surface area (TPSA) is 49.3 Å². The molecule has 1 saturated heterocycles. The number of nitrogens with zero attached hydrogens (tertiary/aromatic N) is 4. The Morgan fingerprint density at radius 2 is 1.67 bits per heavy atom. The van der Waals surface area contributed by atoms with Crippen molar-refractivity contribution in [1.82, 2.24) is 14.9 Å². The molecule has 3 rings (SSSR count). The van der Waals surface area contributed by atoms with E-state index in [0.29, 0.717) is 12.5 Å². The van der Waals surface area contributed by atoms with Crippen LogP contribution >= 0.6 is 0 Å². The summed E-state index contributed by atoms with van der Waals surface area (Å²) in [6.45, 7) is 13.6. The van der Waals surface area contributed by atoms with Gasteiger partial charge in [0.1, 0.15) is 11.6 Å². The van der Waals surface area contributed by atoms with E-state index >= 15 is 0 Å². The van der Waals surface area contributed by atoms with Crippen molar-refractivity contribution in [2.45, 2.75) is 47.0 Å². The molecule has 1 aromatic carbocycles. The van der Waals surface area contributed by atoms with Crippen LogP contribution in [-0.4, -0.2) is 47.0 Å². The molecule has 0 unspecified atom stereocenters. The Morgan fingerprint density at radius 3 is 2.33 bits per heavy atom. The second-order valence-corrected chi connectivity index (χ2v) is 7.75. The fourth-order valence-corrected chi connectivity index (χ4v) is 3.83. The van der Waals surface area contributed by atoms with Gasteiger partial charge in [0.25, 0.3) is 5.91 Å². The fourth-order valence-electron chi connectivity index (χ4n) is 3.83. The molecule has 144 valence electrons. The van der Waals surface area contributed by atoms with Crippen LogP contribution in [0.3, 0.4) is 0 Å². The van der Waals surface area contributed by atoms with Crippen LogP contribution in [0.1, 0.15) is 59.2 Å². The highest BCUT2D eigenvalue weighted by Gasteiger charge is 2.24. The summed E-state index contributed by atoms with van der Waals surface area (Å²) in [4.78, 5) is 26.5. The first-order valence-electron chi connectivity index (χ1n) is 9.83. The van der Waals surface area contributed by atoms with Crippen LogP contribution < -0.4 is 4.90 Å². The quantitative estimate of drug-likeness (QED) is 0.827. The minimum Gasteiger partial charge on any atom is -0.354 e. The van der Waals surface area contributed by atoms with Crippen molar-refractivity contribution >= 4 is 11.7 Å². The smallest absolute Gasteiger partial charge is 0.253 e. The van der Waals surface area contributed by atoms with Gasteiger partial charge in [0.05, 0.1) is 0 Å². The first kappa shape index (κ1) is 19.3. The van der Waals surface area contributed by atoms with E-state index in [-0.39, 0.29) is 5.91 Å². The largest absolute Gasteiger partial charge is 0.354 e.